The molecule has 0 N–H and O–H groups in total. The predicted octanol–water partition coefficient (Wildman–Crippen LogP) is 4.00. The molecule has 0 fully saturated rings. The highest BCUT2D eigenvalue weighted by Gasteiger charge is 2.69. The largest absolute Gasteiger partial charge is 0.345 e. The van der Waals surface area contributed by atoms with E-state index in [4.69, 9.17) is 0 Å². The third kappa shape index (κ3) is 2.98. The second kappa shape index (κ2) is 4.03. The molecule has 0 aliphatic carbocycles. The van der Waals surface area contributed by atoms with Gasteiger partial charge in [-0.05, 0) is 13.8 Å². The number of hydrogen-bond acceptors (Lipinski definition) is 0. The molecular formula is C8H10F8. The van der Waals surface area contributed by atoms with Crippen molar-refractivity contribution in [3.05, 3.63) is 0 Å². The van der Waals surface area contributed by atoms with Crippen LogP contribution in [0.1, 0.15) is 20.3 Å². The van der Waals surface area contributed by atoms with Gasteiger partial charge in [-0.3, -0.25) is 0 Å². The Kier molecular flexibility index (Phi) is 3.89. The van der Waals surface area contributed by atoms with Crippen LogP contribution in [-0.2, 0) is 0 Å². The number of halogens is 8. The van der Waals surface area contributed by atoms with E-state index in [0.717, 1.165) is 0 Å². The van der Waals surface area contributed by atoms with Crippen LogP contribution in [0.4, 0.5) is 35.1 Å². The Morgan fingerprint density at radius 2 is 1.19 bits per heavy atom. The maximum atomic E-state index is 12.8. The zero-order chi connectivity index (χ0) is 13.4. The molecule has 0 amide bonds. The molecule has 0 saturated heterocycles. The van der Waals surface area contributed by atoms with Gasteiger partial charge in [0, 0.05) is 0 Å². The molecule has 16 heavy (non-hydrogen) atoms. The van der Waals surface area contributed by atoms with Crippen LogP contribution in [0.5, 0.6) is 0 Å². The van der Waals surface area contributed by atoms with E-state index in [1.165, 1.54) is 0 Å². The molecule has 0 radical (unpaired) electrons. The number of hydrogen-bond donors (Lipinski definition) is 0. The van der Waals surface area contributed by atoms with Gasteiger partial charge in [0.1, 0.15) is 6.67 Å². The normalized spacial score (nSPS) is 18.4. The van der Waals surface area contributed by atoms with Gasteiger partial charge >= 0.3 is 11.8 Å². The van der Waals surface area contributed by atoms with Crippen molar-refractivity contribution in [1.82, 2.24) is 0 Å². The van der Waals surface area contributed by atoms with Crippen molar-refractivity contribution in [1.29, 1.82) is 0 Å². The lowest BCUT2D eigenvalue weighted by molar-refractivity contribution is -0.287. The zero-order valence-corrected chi connectivity index (χ0v) is 8.44. The Labute approximate surface area is 86.6 Å². The lowest BCUT2D eigenvalue weighted by Gasteiger charge is -2.35. The molecule has 1 unspecified atom stereocenters. The van der Waals surface area contributed by atoms with Crippen LogP contribution in [0.25, 0.3) is 0 Å². The average molecular weight is 258 g/mol. The Balaban J connectivity index is 5.14. The van der Waals surface area contributed by atoms with Crippen molar-refractivity contribution in [3.8, 4) is 0 Å². The summed E-state index contributed by atoms with van der Waals surface area (Å²) in [5, 5.41) is 0. The molecular weight excluding hydrogens is 248 g/mol. The lowest BCUT2D eigenvalue weighted by atomic mass is 9.92. The van der Waals surface area contributed by atoms with Crippen LogP contribution in [0, 0.1) is 0 Å². The minimum absolute atomic E-state index is 0.0119. The molecule has 98 valence electrons. The van der Waals surface area contributed by atoms with Crippen molar-refractivity contribution in [2.75, 3.05) is 6.67 Å². The fraction of sp³-hybridized carbons (Fsp3) is 1.00. The molecule has 0 aliphatic rings. The maximum Gasteiger partial charge on any atom is 0.345 e. The van der Waals surface area contributed by atoms with E-state index in [9.17, 15) is 35.1 Å². The van der Waals surface area contributed by atoms with Crippen LogP contribution >= 0.6 is 0 Å². The number of alkyl halides is 8. The molecule has 0 bridgehead atoms. The fourth-order valence-electron chi connectivity index (χ4n) is 0.966. The first kappa shape index (κ1) is 15.4. The fourth-order valence-corrected chi connectivity index (χ4v) is 0.966. The van der Waals surface area contributed by atoms with Crippen LogP contribution in [0.2, 0.25) is 0 Å². The summed E-state index contributed by atoms with van der Waals surface area (Å²) < 4.78 is 100. The minimum Gasteiger partial charge on any atom is -0.247 e. The molecule has 0 aliphatic heterocycles. The molecule has 0 aromatic rings. The summed E-state index contributed by atoms with van der Waals surface area (Å²) in [6.45, 7) is -2.51. The molecule has 0 heterocycles. The molecule has 0 aromatic carbocycles. The van der Waals surface area contributed by atoms with Crippen molar-refractivity contribution in [3.63, 3.8) is 0 Å². The molecule has 8 heteroatoms. The van der Waals surface area contributed by atoms with E-state index in [1.54, 1.807) is 0 Å². The first-order chi connectivity index (χ1) is 6.77. The van der Waals surface area contributed by atoms with Crippen molar-refractivity contribution < 1.29 is 35.1 Å². The standard InChI is InChI=1S/C8H10F8/c1-5(10,4-9)8(15,16)7(13,14)3-6(2,11)12/h3-4H2,1-2H3. The Morgan fingerprint density at radius 1 is 0.812 bits per heavy atom. The van der Waals surface area contributed by atoms with Crippen LogP contribution in [0.3, 0.4) is 0 Å². The third-order valence-electron chi connectivity index (χ3n) is 1.90. The minimum atomic E-state index is -5.51. The van der Waals surface area contributed by atoms with Crippen LogP contribution in [0.15, 0.2) is 0 Å². The Bertz CT molecular complexity index is 239. The van der Waals surface area contributed by atoms with Crippen molar-refractivity contribution in [2.24, 2.45) is 0 Å². The SMILES string of the molecule is CC(F)(F)CC(F)(F)C(F)(F)C(C)(F)CF. The van der Waals surface area contributed by atoms with Crippen LogP contribution in [-0.4, -0.2) is 30.1 Å². The smallest absolute Gasteiger partial charge is 0.247 e. The van der Waals surface area contributed by atoms with Gasteiger partial charge in [0.25, 0.3) is 5.92 Å². The van der Waals surface area contributed by atoms with Gasteiger partial charge in [0.05, 0.1) is 6.42 Å². The van der Waals surface area contributed by atoms with E-state index in [2.05, 4.69) is 0 Å². The quantitative estimate of drug-likeness (QED) is 0.654. The Morgan fingerprint density at radius 3 is 1.44 bits per heavy atom. The summed E-state index contributed by atoms with van der Waals surface area (Å²) in [5.74, 6) is -15.0. The monoisotopic (exact) mass is 258 g/mol. The highest BCUT2D eigenvalue weighted by atomic mass is 19.3. The summed E-state index contributed by atoms with van der Waals surface area (Å²) in [5.41, 5.74) is -4.19. The van der Waals surface area contributed by atoms with E-state index in [0.29, 0.717) is 0 Å². The van der Waals surface area contributed by atoms with Gasteiger partial charge in [-0.25, -0.2) is 17.6 Å². The van der Waals surface area contributed by atoms with Gasteiger partial charge in [-0.2, -0.15) is 17.6 Å². The second-order valence-corrected chi connectivity index (χ2v) is 3.86. The van der Waals surface area contributed by atoms with E-state index < -0.39 is 36.5 Å². The lowest BCUT2D eigenvalue weighted by Crippen LogP contribution is -2.57. The number of rotatable bonds is 5. The highest BCUT2D eigenvalue weighted by molar-refractivity contribution is 5.00. The van der Waals surface area contributed by atoms with Crippen LogP contribution < -0.4 is 0 Å². The summed E-state index contributed by atoms with van der Waals surface area (Å²) in [6.07, 6.45) is -2.55. The van der Waals surface area contributed by atoms with Crippen molar-refractivity contribution >= 4 is 0 Å². The average Bonchev–Trinajstić information content (AvgIpc) is 1.99. The third-order valence-corrected chi connectivity index (χ3v) is 1.90. The van der Waals surface area contributed by atoms with E-state index >= 15 is 0 Å². The first-order valence-electron chi connectivity index (χ1n) is 4.15. The maximum absolute atomic E-state index is 12.8. The van der Waals surface area contributed by atoms with Gasteiger partial charge in [0.15, 0.2) is 0 Å². The second-order valence-electron chi connectivity index (χ2n) is 3.86. The molecule has 1 atom stereocenters. The summed E-state index contributed by atoms with van der Waals surface area (Å²) in [4.78, 5) is 0. The van der Waals surface area contributed by atoms with E-state index in [1.807, 2.05) is 0 Å². The molecule has 0 rings (SSSR count). The van der Waals surface area contributed by atoms with Crippen molar-refractivity contribution in [2.45, 2.75) is 43.7 Å². The van der Waals surface area contributed by atoms with Gasteiger partial charge in [0.2, 0.25) is 5.67 Å². The summed E-state index contributed by atoms with van der Waals surface area (Å²) in [6, 6.07) is 0. The predicted molar refractivity (Wildman–Crippen MR) is 40.6 cm³/mol. The molecule has 0 spiro atoms. The van der Waals surface area contributed by atoms with E-state index in [-0.39, 0.29) is 13.8 Å². The molecule has 0 saturated carbocycles. The first-order valence-corrected chi connectivity index (χ1v) is 4.15. The zero-order valence-electron chi connectivity index (χ0n) is 8.44. The topological polar surface area (TPSA) is 0 Å². The van der Waals surface area contributed by atoms with Gasteiger partial charge in [-0.1, -0.05) is 0 Å². The Hall–Kier alpha value is -0.560. The van der Waals surface area contributed by atoms with Gasteiger partial charge in [-0.15, -0.1) is 0 Å². The molecule has 0 aromatic heterocycles. The molecule has 0 nitrogen and oxygen atoms in total. The van der Waals surface area contributed by atoms with Gasteiger partial charge < -0.3 is 0 Å². The summed E-state index contributed by atoms with van der Waals surface area (Å²) >= 11 is 0. The highest BCUT2D eigenvalue weighted by Crippen LogP contribution is 2.48. The summed E-state index contributed by atoms with van der Waals surface area (Å²) in [7, 11) is 0.